The van der Waals surface area contributed by atoms with Gasteiger partial charge in [-0.15, -0.1) is 0 Å². The van der Waals surface area contributed by atoms with Gasteiger partial charge in [0.25, 0.3) is 0 Å². The fourth-order valence-electron chi connectivity index (χ4n) is 0.715. The van der Waals surface area contributed by atoms with Gasteiger partial charge < -0.3 is 9.84 Å². The molecule has 0 aliphatic heterocycles. The van der Waals surface area contributed by atoms with Crippen LogP contribution >= 0.6 is 0 Å². The molecule has 1 unspecified atom stereocenters. The highest BCUT2D eigenvalue weighted by molar-refractivity contribution is 5.92. The molecule has 5 nitrogen and oxygen atoms in total. The van der Waals surface area contributed by atoms with Crippen LogP contribution in [-0.2, 0) is 9.53 Å². The minimum atomic E-state index is -0.998. The Morgan fingerprint density at radius 2 is 2.00 bits per heavy atom. The van der Waals surface area contributed by atoms with Crippen LogP contribution in [0.4, 0.5) is 4.79 Å². The molecule has 0 radical (unpaired) electrons. The van der Waals surface area contributed by atoms with Gasteiger partial charge in [-0.05, 0) is 5.92 Å². The molecule has 74 valence electrons. The summed E-state index contributed by atoms with van der Waals surface area (Å²) in [6.07, 6.45) is 0.311. The monoisotopic (exact) mass is 187 g/mol. The van der Waals surface area contributed by atoms with Crippen LogP contribution < -0.4 is 0 Å². The van der Waals surface area contributed by atoms with Crippen molar-refractivity contribution in [2.45, 2.75) is 13.8 Å². The predicted molar refractivity (Wildman–Crippen MR) is 46.9 cm³/mol. The summed E-state index contributed by atoms with van der Waals surface area (Å²) < 4.78 is 4.23. The molecular formula is C8H13NO4. The van der Waals surface area contributed by atoms with Gasteiger partial charge in [0.2, 0.25) is 0 Å². The van der Waals surface area contributed by atoms with E-state index in [9.17, 15) is 9.59 Å². The van der Waals surface area contributed by atoms with E-state index in [1.54, 1.807) is 13.8 Å². The minimum absolute atomic E-state index is 0.106. The third kappa shape index (κ3) is 4.25. The summed E-state index contributed by atoms with van der Waals surface area (Å²) in [5, 5.41) is 8.69. The smallest absolute Gasteiger partial charge is 0.432 e. The fraction of sp³-hybridized carbons (Fsp3) is 0.625. The lowest BCUT2D eigenvalue weighted by atomic mass is 9.98. The molecule has 0 aromatic heterocycles. The lowest BCUT2D eigenvalue weighted by Crippen LogP contribution is -2.21. The van der Waals surface area contributed by atoms with E-state index in [4.69, 9.17) is 5.11 Å². The van der Waals surface area contributed by atoms with Crippen LogP contribution in [0.2, 0.25) is 0 Å². The highest BCUT2D eigenvalue weighted by Gasteiger charge is 2.19. The molecule has 5 heteroatoms. The number of rotatable bonds is 3. The maximum Gasteiger partial charge on any atom is 0.432 e. The summed E-state index contributed by atoms with van der Waals surface area (Å²) in [5.74, 6) is -1.85. The number of carbonyl (C=O) groups is 2. The average Bonchev–Trinajstić information content (AvgIpc) is 2.03. The molecule has 1 amide bonds. The van der Waals surface area contributed by atoms with Gasteiger partial charge in [-0.3, -0.25) is 4.79 Å². The number of hydrogen-bond acceptors (Lipinski definition) is 3. The zero-order valence-corrected chi connectivity index (χ0v) is 7.85. The number of nitrogens with zero attached hydrogens (tertiary/aromatic N) is 1. The molecule has 0 aromatic carbocycles. The van der Waals surface area contributed by atoms with Crippen LogP contribution in [0.25, 0.3) is 0 Å². The van der Waals surface area contributed by atoms with Crippen molar-refractivity contribution in [3.05, 3.63) is 0 Å². The maximum absolute atomic E-state index is 10.6. The van der Waals surface area contributed by atoms with Crippen molar-refractivity contribution < 1.29 is 19.4 Å². The predicted octanol–water partition coefficient (Wildman–Crippen LogP) is 1.18. The summed E-state index contributed by atoms with van der Waals surface area (Å²) in [4.78, 5) is 24.5. The van der Waals surface area contributed by atoms with E-state index in [-0.39, 0.29) is 5.92 Å². The molecule has 0 spiro atoms. The van der Waals surface area contributed by atoms with Crippen LogP contribution in [0.5, 0.6) is 0 Å². The number of ether oxygens (including phenoxy) is 1. The molecule has 0 aliphatic rings. The second-order valence-corrected chi connectivity index (χ2v) is 2.86. The van der Waals surface area contributed by atoms with Gasteiger partial charge >= 0.3 is 12.1 Å². The summed E-state index contributed by atoms with van der Waals surface area (Å²) in [5.41, 5.74) is 0. The first-order valence-corrected chi connectivity index (χ1v) is 3.84. The SMILES string of the molecule is COC(=O)N=CC(C(=O)O)C(C)C. The van der Waals surface area contributed by atoms with E-state index in [2.05, 4.69) is 9.73 Å². The minimum Gasteiger partial charge on any atom is -0.481 e. The Hall–Kier alpha value is -1.39. The Bertz CT molecular complexity index is 222. The van der Waals surface area contributed by atoms with E-state index in [0.29, 0.717) is 0 Å². The number of carboxylic acid groups (broad SMARTS) is 1. The Kier molecular flexibility index (Phi) is 4.72. The molecule has 0 aromatic rings. The molecule has 0 rings (SSSR count). The van der Waals surface area contributed by atoms with Gasteiger partial charge in [-0.2, -0.15) is 4.99 Å². The maximum atomic E-state index is 10.6. The van der Waals surface area contributed by atoms with E-state index in [0.717, 1.165) is 6.21 Å². The average molecular weight is 187 g/mol. The summed E-state index contributed by atoms with van der Waals surface area (Å²) in [6.45, 7) is 3.48. The largest absolute Gasteiger partial charge is 0.481 e. The lowest BCUT2D eigenvalue weighted by Gasteiger charge is -2.09. The quantitative estimate of drug-likeness (QED) is 0.673. The Balaban J connectivity index is 4.34. The van der Waals surface area contributed by atoms with Crippen LogP contribution in [-0.4, -0.2) is 30.5 Å². The third-order valence-electron chi connectivity index (χ3n) is 1.52. The summed E-state index contributed by atoms with van der Waals surface area (Å²) >= 11 is 0. The molecule has 0 saturated heterocycles. The standard InChI is InChI=1S/C8H13NO4/c1-5(2)6(7(10)11)4-9-8(12)13-3/h4-6H,1-3H3,(H,10,11). The normalized spacial score (nSPS) is 13.2. The first kappa shape index (κ1) is 11.6. The first-order chi connectivity index (χ1) is 5.99. The van der Waals surface area contributed by atoms with E-state index in [1.807, 2.05) is 0 Å². The highest BCUT2D eigenvalue weighted by Crippen LogP contribution is 2.08. The van der Waals surface area contributed by atoms with E-state index < -0.39 is 18.0 Å². The van der Waals surface area contributed by atoms with E-state index in [1.165, 1.54) is 7.11 Å². The molecule has 0 heterocycles. The highest BCUT2D eigenvalue weighted by atomic mass is 16.5. The van der Waals surface area contributed by atoms with Crippen molar-refractivity contribution in [1.29, 1.82) is 0 Å². The van der Waals surface area contributed by atoms with Crippen molar-refractivity contribution in [2.24, 2.45) is 16.8 Å². The van der Waals surface area contributed by atoms with E-state index >= 15 is 0 Å². The second kappa shape index (κ2) is 5.29. The molecule has 0 aliphatic carbocycles. The number of carboxylic acids is 1. The summed E-state index contributed by atoms with van der Waals surface area (Å²) in [6, 6.07) is 0. The number of carbonyl (C=O) groups excluding carboxylic acids is 1. The van der Waals surface area contributed by atoms with Gasteiger partial charge in [0, 0.05) is 6.21 Å². The Labute approximate surface area is 76.4 Å². The molecule has 0 saturated carbocycles. The van der Waals surface area contributed by atoms with Gasteiger partial charge in [-0.25, -0.2) is 4.79 Å². The van der Waals surface area contributed by atoms with Gasteiger partial charge in [0.1, 0.15) is 0 Å². The van der Waals surface area contributed by atoms with Crippen LogP contribution in [0.3, 0.4) is 0 Å². The van der Waals surface area contributed by atoms with Crippen LogP contribution in [0.1, 0.15) is 13.8 Å². The second-order valence-electron chi connectivity index (χ2n) is 2.86. The van der Waals surface area contributed by atoms with Gasteiger partial charge in [-0.1, -0.05) is 13.8 Å². The molecule has 0 bridgehead atoms. The zero-order chi connectivity index (χ0) is 10.4. The lowest BCUT2D eigenvalue weighted by molar-refractivity contribution is -0.140. The number of aliphatic imine (C=N–C) groups is 1. The Morgan fingerprint density at radius 1 is 1.46 bits per heavy atom. The molecule has 13 heavy (non-hydrogen) atoms. The number of hydrogen-bond donors (Lipinski definition) is 1. The van der Waals surface area contributed by atoms with Crippen molar-refractivity contribution in [1.82, 2.24) is 0 Å². The van der Waals surface area contributed by atoms with Crippen LogP contribution in [0.15, 0.2) is 4.99 Å². The molecule has 1 N–H and O–H groups in total. The summed E-state index contributed by atoms with van der Waals surface area (Å²) in [7, 11) is 1.19. The van der Waals surface area contributed by atoms with Crippen LogP contribution in [0, 0.1) is 11.8 Å². The van der Waals surface area contributed by atoms with Crippen molar-refractivity contribution in [3.63, 3.8) is 0 Å². The van der Waals surface area contributed by atoms with Crippen molar-refractivity contribution in [3.8, 4) is 0 Å². The molecule has 1 atom stereocenters. The fourth-order valence-corrected chi connectivity index (χ4v) is 0.715. The number of amides is 1. The topological polar surface area (TPSA) is 76.0 Å². The number of aliphatic carboxylic acids is 1. The van der Waals surface area contributed by atoms with Gasteiger partial charge in [0.05, 0.1) is 13.0 Å². The molecular weight excluding hydrogens is 174 g/mol. The first-order valence-electron chi connectivity index (χ1n) is 3.84. The van der Waals surface area contributed by atoms with Crippen molar-refractivity contribution >= 4 is 18.3 Å². The zero-order valence-electron chi connectivity index (χ0n) is 7.85. The molecule has 0 fully saturated rings. The van der Waals surface area contributed by atoms with Crippen molar-refractivity contribution in [2.75, 3.05) is 7.11 Å². The third-order valence-corrected chi connectivity index (χ3v) is 1.52. The Morgan fingerprint density at radius 3 is 2.31 bits per heavy atom. The van der Waals surface area contributed by atoms with Gasteiger partial charge in [0.15, 0.2) is 0 Å². The number of methoxy groups -OCH3 is 1.